The standard InChI is InChI=1S/C23H24N2/c1-2-6-20-14-22-11-10-17(13-19(20)5-1)15-25(22)16-21-8-3-7-18-9-4-12-24-23(18)21/h1-9,12,17,22H,10-11,13-16H2/t17-,22+/m1/s1. The van der Waals surface area contributed by atoms with Crippen LogP contribution in [0.5, 0.6) is 0 Å². The van der Waals surface area contributed by atoms with Crippen molar-refractivity contribution in [3.05, 3.63) is 77.5 Å². The van der Waals surface area contributed by atoms with Gasteiger partial charge in [-0.2, -0.15) is 0 Å². The van der Waals surface area contributed by atoms with Crippen LogP contribution in [-0.4, -0.2) is 22.5 Å². The number of fused-ring (bicyclic) bond motifs is 3. The van der Waals surface area contributed by atoms with Crippen LogP contribution in [0.2, 0.25) is 0 Å². The number of piperidine rings is 1. The van der Waals surface area contributed by atoms with Gasteiger partial charge in [0.2, 0.25) is 0 Å². The van der Waals surface area contributed by atoms with E-state index in [2.05, 4.69) is 58.4 Å². The summed E-state index contributed by atoms with van der Waals surface area (Å²) >= 11 is 0. The summed E-state index contributed by atoms with van der Waals surface area (Å²) in [6, 6.07) is 20.6. The molecule has 1 saturated heterocycles. The number of nitrogens with zero attached hydrogens (tertiary/aromatic N) is 2. The highest BCUT2D eigenvalue weighted by Crippen LogP contribution is 2.33. The van der Waals surface area contributed by atoms with E-state index in [9.17, 15) is 0 Å². The Morgan fingerprint density at radius 2 is 1.72 bits per heavy atom. The molecule has 3 heterocycles. The molecule has 0 unspecified atom stereocenters. The van der Waals surface area contributed by atoms with Crippen molar-refractivity contribution in [2.45, 2.75) is 38.3 Å². The lowest BCUT2D eigenvalue weighted by atomic mass is 9.80. The topological polar surface area (TPSA) is 16.1 Å². The third kappa shape index (κ3) is 2.85. The molecule has 0 spiro atoms. The van der Waals surface area contributed by atoms with Crippen LogP contribution in [-0.2, 0) is 19.4 Å². The van der Waals surface area contributed by atoms with Crippen molar-refractivity contribution in [2.75, 3.05) is 6.54 Å². The zero-order valence-electron chi connectivity index (χ0n) is 14.6. The van der Waals surface area contributed by atoms with Gasteiger partial charge in [-0.3, -0.25) is 9.88 Å². The van der Waals surface area contributed by atoms with Gasteiger partial charge in [0, 0.05) is 30.7 Å². The molecule has 0 radical (unpaired) electrons. The Morgan fingerprint density at radius 3 is 2.64 bits per heavy atom. The molecule has 2 atom stereocenters. The molecule has 1 aliphatic carbocycles. The third-order valence-corrected chi connectivity index (χ3v) is 6.09. The molecule has 126 valence electrons. The second-order valence-corrected chi connectivity index (χ2v) is 7.70. The van der Waals surface area contributed by atoms with Gasteiger partial charge in [0.1, 0.15) is 0 Å². The molecule has 2 bridgehead atoms. The van der Waals surface area contributed by atoms with E-state index < -0.39 is 0 Å². The van der Waals surface area contributed by atoms with E-state index in [1.807, 2.05) is 12.3 Å². The zero-order valence-corrected chi connectivity index (χ0v) is 14.6. The average Bonchev–Trinajstić information content (AvgIpc) is 2.63. The van der Waals surface area contributed by atoms with Crippen molar-refractivity contribution in [3.63, 3.8) is 0 Å². The van der Waals surface area contributed by atoms with Crippen LogP contribution in [0, 0.1) is 5.92 Å². The normalized spacial score (nSPS) is 23.2. The van der Waals surface area contributed by atoms with Crippen LogP contribution < -0.4 is 0 Å². The first-order chi connectivity index (χ1) is 12.4. The van der Waals surface area contributed by atoms with E-state index in [0.29, 0.717) is 6.04 Å². The van der Waals surface area contributed by atoms with E-state index >= 15 is 0 Å². The molecule has 3 aromatic rings. The minimum absolute atomic E-state index is 0.664. The summed E-state index contributed by atoms with van der Waals surface area (Å²) in [6.07, 6.45) is 7.07. The van der Waals surface area contributed by atoms with Crippen molar-refractivity contribution in [1.29, 1.82) is 0 Å². The van der Waals surface area contributed by atoms with Gasteiger partial charge >= 0.3 is 0 Å². The number of pyridine rings is 1. The van der Waals surface area contributed by atoms with Crippen LogP contribution in [0.15, 0.2) is 60.8 Å². The van der Waals surface area contributed by atoms with Crippen LogP contribution in [0.25, 0.3) is 10.9 Å². The summed E-state index contributed by atoms with van der Waals surface area (Å²) in [5.74, 6) is 0.792. The summed E-state index contributed by atoms with van der Waals surface area (Å²) < 4.78 is 0. The minimum atomic E-state index is 0.664. The van der Waals surface area contributed by atoms with Crippen LogP contribution in [0.4, 0.5) is 0 Å². The minimum Gasteiger partial charge on any atom is -0.295 e. The fourth-order valence-corrected chi connectivity index (χ4v) is 4.81. The highest BCUT2D eigenvalue weighted by atomic mass is 15.2. The second kappa shape index (κ2) is 6.27. The second-order valence-electron chi connectivity index (χ2n) is 7.70. The molecule has 2 heteroatoms. The third-order valence-electron chi connectivity index (χ3n) is 6.09. The lowest BCUT2D eigenvalue weighted by Crippen LogP contribution is -2.46. The van der Waals surface area contributed by atoms with Crippen LogP contribution in [0.1, 0.15) is 29.5 Å². The Morgan fingerprint density at radius 1 is 0.880 bits per heavy atom. The Bertz CT molecular complexity index is 896. The summed E-state index contributed by atoms with van der Waals surface area (Å²) in [4.78, 5) is 7.39. The van der Waals surface area contributed by atoms with E-state index in [1.54, 1.807) is 11.1 Å². The van der Waals surface area contributed by atoms with Crippen molar-refractivity contribution in [1.82, 2.24) is 9.88 Å². The first-order valence-electron chi connectivity index (χ1n) is 9.50. The Hall–Kier alpha value is -2.19. The highest BCUT2D eigenvalue weighted by Gasteiger charge is 2.31. The molecule has 25 heavy (non-hydrogen) atoms. The lowest BCUT2D eigenvalue weighted by molar-refractivity contribution is 0.0942. The maximum absolute atomic E-state index is 4.66. The fourth-order valence-electron chi connectivity index (χ4n) is 4.81. The van der Waals surface area contributed by atoms with E-state index in [4.69, 9.17) is 0 Å². The first kappa shape index (κ1) is 15.1. The van der Waals surface area contributed by atoms with E-state index in [1.165, 1.54) is 48.7 Å². The van der Waals surface area contributed by atoms with E-state index in [0.717, 1.165) is 12.5 Å². The summed E-state index contributed by atoms with van der Waals surface area (Å²) in [6.45, 7) is 2.25. The molecule has 1 fully saturated rings. The van der Waals surface area contributed by atoms with Crippen LogP contribution >= 0.6 is 0 Å². The van der Waals surface area contributed by atoms with Gasteiger partial charge in [-0.05, 0) is 54.4 Å². The Balaban J connectivity index is 1.47. The lowest BCUT2D eigenvalue weighted by Gasteiger charge is -2.42. The molecule has 3 aliphatic rings. The van der Waals surface area contributed by atoms with E-state index in [-0.39, 0.29) is 0 Å². The number of benzene rings is 2. The Labute approximate surface area is 149 Å². The molecule has 0 amide bonds. The van der Waals surface area contributed by atoms with Crippen molar-refractivity contribution in [2.24, 2.45) is 5.92 Å². The highest BCUT2D eigenvalue weighted by molar-refractivity contribution is 5.81. The quantitative estimate of drug-likeness (QED) is 0.683. The number of aromatic nitrogens is 1. The zero-order chi connectivity index (χ0) is 16.6. The maximum atomic E-state index is 4.66. The fraction of sp³-hybridized carbons (Fsp3) is 0.348. The summed E-state index contributed by atoms with van der Waals surface area (Å²) in [5, 5.41) is 1.25. The number of hydrogen-bond donors (Lipinski definition) is 0. The largest absolute Gasteiger partial charge is 0.295 e. The van der Waals surface area contributed by atoms with Crippen molar-refractivity contribution in [3.8, 4) is 0 Å². The van der Waals surface area contributed by atoms with Crippen molar-refractivity contribution < 1.29 is 0 Å². The molecular formula is C23H24N2. The summed E-state index contributed by atoms with van der Waals surface area (Å²) in [7, 11) is 0. The molecule has 2 nitrogen and oxygen atoms in total. The van der Waals surface area contributed by atoms with Gasteiger partial charge in [0.05, 0.1) is 5.52 Å². The van der Waals surface area contributed by atoms with Gasteiger partial charge in [0.25, 0.3) is 0 Å². The predicted molar refractivity (Wildman–Crippen MR) is 103 cm³/mol. The predicted octanol–water partition coefficient (Wildman–Crippen LogP) is 4.61. The van der Waals surface area contributed by atoms with Crippen molar-refractivity contribution >= 4 is 10.9 Å². The van der Waals surface area contributed by atoms with Crippen LogP contribution in [0.3, 0.4) is 0 Å². The molecule has 1 aromatic heterocycles. The van der Waals surface area contributed by atoms with Gasteiger partial charge in [0.15, 0.2) is 0 Å². The van der Waals surface area contributed by atoms with Gasteiger partial charge in [-0.1, -0.05) is 48.5 Å². The number of hydrogen-bond acceptors (Lipinski definition) is 2. The SMILES string of the molecule is c1ccc2c(c1)C[C@H]1CC[C@@H](C2)N(Cc2cccc3cccnc23)C1. The first-order valence-corrected chi connectivity index (χ1v) is 9.50. The monoisotopic (exact) mass is 328 g/mol. The number of rotatable bonds is 2. The molecular weight excluding hydrogens is 304 g/mol. The average molecular weight is 328 g/mol. The molecule has 2 aromatic carbocycles. The van der Waals surface area contributed by atoms with Gasteiger partial charge < -0.3 is 0 Å². The molecule has 2 aliphatic heterocycles. The molecule has 0 N–H and O–H groups in total. The summed E-state index contributed by atoms with van der Waals surface area (Å²) in [5.41, 5.74) is 5.70. The Kier molecular flexibility index (Phi) is 3.79. The number of para-hydroxylation sites is 1. The maximum Gasteiger partial charge on any atom is 0.0746 e. The molecule has 0 saturated carbocycles. The van der Waals surface area contributed by atoms with Gasteiger partial charge in [-0.15, -0.1) is 0 Å². The molecule has 6 rings (SSSR count). The smallest absolute Gasteiger partial charge is 0.0746 e. The van der Waals surface area contributed by atoms with Gasteiger partial charge in [-0.25, -0.2) is 0 Å².